The number of hydrogen-bond donors (Lipinski definition) is 1. The van der Waals surface area contributed by atoms with E-state index in [1.165, 1.54) is 0 Å². The Hall–Kier alpha value is -2.93. The SMILES string of the molecule is Cc1nc(NCc2cc(C)on2)c2c(ccn2Cc2ncccc2Cl)n1. The van der Waals surface area contributed by atoms with Gasteiger partial charge in [-0.15, -0.1) is 0 Å². The third kappa shape index (κ3) is 3.25. The molecule has 0 aliphatic carbocycles. The van der Waals surface area contributed by atoms with Gasteiger partial charge in [-0.1, -0.05) is 16.8 Å². The minimum absolute atomic E-state index is 0.512. The van der Waals surface area contributed by atoms with Crippen LogP contribution in [0.5, 0.6) is 0 Å². The molecule has 1 N–H and O–H groups in total. The van der Waals surface area contributed by atoms with E-state index >= 15 is 0 Å². The van der Waals surface area contributed by atoms with Crippen molar-refractivity contribution < 1.29 is 4.52 Å². The summed E-state index contributed by atoms with van der Waals surface area (Å²) in [7, 11) is 0. The number of halogens is 1. The fourth-order valence-electron chi connectivity index (χ4n) is 2.85. The van der Waals surface area contributed by atoms with E-state index in [0.717, 1.165) is 34.0 Å². The molecule has 0 aliphatic heterocycles. The van der Waals surface area contributed by atoms with Crippen LogP contribution < -0.4 is 5.32 Å². The van der Waals surface area contributed by atoms with Gasteiger partial charge in [0.15, 0.2) is 5.82 Å². The second kappa shape index (κ2) is 6.76. The van der Waals surface area contributed by atoms with Gasteiger partial charge >= 0.3 is 0 Å². The van der Waals surface area contributed by atoms with Gasteiger partial charge in [0.1, 0.15) is 22.8 Å². The predicted octanol–water partition coefficient (Wildman–Crippen LogP) is 3.74. The van der Waals surface area contributed by atoms with Gasteiger partial charge in [-0.05, 0) is 32.0 Å². The van der Waals surface area contributed by atoms with Crippen LogP contribution in [0.25, 0.3) is 11.0 Å². The molecule has 4 aromatic rings. The number of nitrogens with one attached hydrogen (secondary N) is 1. The molecule has 0 bridgehead atoms. The Kier molecular flexibility index (Phi) is 4.30. The van der Waals surface area contributed by atoms with Crippen LogP contribution in [0.1, 0.15) is 23.0 Å². The first-order chi connectivity index (χ1) is 12.6. The van der Waals surface area contributed by atoms with E-state index < -0.39 is 0 Å². The fourth-order valence-corrected chi connectivity index (χ4v) is 3.03. The second-order valence-corrected chi connectivity index (χ2v) is 6.42. The van der Waals surface area contributed by atoms with Crippen molar-refractivity contribution in [3.8, 4) is 0 Å². The van der Waals surface area contributed by atoms with Crippen LogP contribution in [0.2, 0.25) is 5.02 Å². The number of rotatable bonds is 5. The van der Waals surface area contributed by atoms with Crippen molar-refractivity contribution >= 4 is 28.5 Å². The van der Waals surface area contributed by atoms with Crippen molar-refractivity contribution in [1.82, 2.24) is 24.7 Å². The van der Waals surface area contributed by atoms with Crippen LogP contribution >= 0.6 is 11.6 Å². The van der Waals surface area contributed by atoms with E-state index in [4.69, 9.17) is 16.1 Å². The lowest BCUT2D eigenvalue weighted by Crippen LogP contribution is -2.08. The van der Waals surface area contributed by atoms with Gasteiger partial charge < -0.3 is 14.4 Å². The maximum Gasteiger partial charge on any atom is 0.154 e. The van der Waals surface area contributed by atoms with E-state index in [2.05, 4.69) is 25.4 Å². The van der Waals surface area contributed by atoms with Crippen molar-refractivity contribution in [3.05, 3.63) is 64.7 Å². The minimum atomic E-state index is 0.512. The van der Waals surface area contributed by atoms with Gasteiger partial charge in [0.2, 0.25) is 0 Å². The predicted molar refractivity (Wildman–Crippen MR) is 99.2 cm³/mol. The maximum absolute atomic E-state index is 6.26. The van der Waals surface area contributed by atoms with Crippen LogP contribution in [0.4, 0.5) is 5.82 Å². The molecule has 7 nitrogen and oxygen atoms in total. The summed E-state index contributed by atoms with van der Waals surface area (Å²) in [5.74, 6) is 2.22. The molecular weight excluding hydrogens is 352 g/mol. The molecule has 0 aromatic carbocycles. The molecule has 0 saturated carbocycles. The third-order valence-corrected chi connectivity index (χ3v) is 4.33. The number of aromatic nitrogens is 5. The first-order valence-corrected chi connectivity index (χ1v) is 8.57. The quantitative estimate of drug-likeness (QED) is 0.577. The summed E-state index contributed by atoms with van der Waals surface area (Å²) in [6.45, 7) is 4.79. The normalized spacial score (nSPS) is 11.2. The zero-order valence-corrected chi connectivity index (χ0v) is 15.2. The van der Waals surface area contributed by atoms with Gasteiger partial charge in [0.25, 0.3) is 0 Å². The lowest BCUT2D eigenvalue weighted by atomic mass is 10.3. The highest BCUT2D eigenvalue weighted by Crippen LogP contribution is 2.24. The average Bonchev–Trinajstić information content (AvgIpc) is 3.21. The number of aryl methyl sites for hydroxylation is 2. The Morgan fingerprint density at radius 2 is 2.12 bits per heavy atom. The Morgan fingerprint density at radius 3 is 2.88 bits per heavy atom. The standard InChI is InChI=1S/C18H17ClN6O/c1-11-8-13(24-26-11)9-21-18-17-15(22-12(2)23-18)5-7-25(17)10-16-14(19)4-3-6-20-16/h3-8H,9-10H2,1-2H3,(H,21,22,23). The molecule has 0 atom stereocenters. The van der Waals surface area contributed by atoms with Crippen molar-refractivity contribution in [3.63, 3.8) is 0 Å². The van der Waals surface area contributed by atoms with Crippen molar-refractivity contribution in [2.75, 3.05) is 5.32 Å². The molecule has 8 heteroatoms. The van der Waals surface area contributed by atoms with Crippen LogP contribution in [0.15, 0.2) is 41.2 Å². The summed E-state index contributed by atoms with van der Waals surface area (Å²) in [4.78, 5) is 13.5. The molecule has 0 spiro atoms. The van der Waals surface area contributed by atoms with E-state index in [1.807, 2.05) is 48.9 Å². The zero-order chi connectivity index (χ0) is 18.1. The van der Waals surface area contributed by atoms with E-state index in [9.17, 15) is 0 Å². The maximum atomic E-state index is 6.26. The zero-order valence-electron chi connectivity index (χ0n) is 14.4. The molecule has 26 heavy (non-hydrogen) atoms. The molecule has 4 aromatic heterocycles. The lowest BCUT2D eigenvalue weighted by molar-refractivity contribution is 0.391. The Bertz CT molecular complexity index is 1070. The summed E-state index contributed by atoms with van der Waals surface area (Å²) in [6, 6.07) is 7.51. The molecule has 0 aliphatic rings. The van der Waals surface area contributed by atoms with Crippen LogP contribution in [0.3, 0.4) is 0 Å². The number of fused-ring (bicyclic) bond motifs is 1. The largest absolute Gasteiger partial charge is 0.362 e. The van der Waals surface area contributed by atoms with Crippen LogP contribution in [0, 0.1) is 13.8 Å². The first kappa shape index (κ1) is 16.5. The number of anilines is 1. The lowest BCUT2D eigenvalue weighted by Gasteiger charge is -2.11. The Labute approximate surface area is 155 Å². The van der Waals surface area contributed by atoms with Crippen molar-refractivity contribution in [1.29, 1.82) is 0 Å². The monoisotopic (exact) mass is 368 g/mol. The topological polar surface area (TPSA) is 81.7 Å². The molecule has 0 saturated heterocycles. The van der Waals surface area contributed by atoms with Crippen LogP contribution in [-0.2, 0) is 13.1 Å². The highest BCUT2D eigenvalue weighted by molar-refractivity contribution is 6.31. The molecule has 0 radical (unpaired) electrons. The van der Waals surface area contributed by atoms with Gasteiger partial charge in [0.05, 0.1) is 29.3 Å². The molecule has 4 rings (SSSR count). The highest BCUT2D eigenvalue weighted by Gasteiger charge is 2.13. The van der Waals surface area contributed by atoms with E-state index in [1.54, 1.807) is 6.20 Å². The summed E-state index contributed by atoms with van der Waals surface area (Å²) in [5.41, 5.74) is 3.38. The molecule has 4 heterocycles. The molecule has 0 amide bonds. The highest BCUT2D eigenvalue weighted by atomic mass is 35.5. The second-order valence-electron chi connectivity index (χ2n) is 6.01. The Balaban J connectivity index is 1.69. The number of pyridine rings is 1. The molecule has 0 unspecified atom stereocenters. The molecule has 132 valence electrons. The van der Waals surface area contributed by atoms with Gasteiger partial charge in [-0.2, -0.15) is 0 Å². The van der Waals surface area contributed by atoms with Crippen LogP contribution in [-0.4, -0.2) is 24.7 Å². The minimum Gasteiger partial charge on any atom is -0.362 e. The first-order valence-electron chi connectivity index (χ1n) is 8.19. The summed E-state index contributed by atoms with van der Waals surface area (Å²) < 4.78 is 7.16. The summed E-state index contributed by atoms with van der Waals surface area (Å²) in [6.07, 6.45) is 3.70. The van der Waals surface area contributed by atoms with Gasteiger partial charge in [0, 0.05) is 18.5 Å². The number of hydrogen-bond acceptors (Lipinski definition) is 6. The van der Waals surface area contributed by atoms with E-state index in [0.29, 0.717) is 23.9 Å². The molecular formula is C18H17ClN6O. The summed E-state index contributed by atoms with van der Waals surface area (Å²) >= 11 is 6.26. The Morgan fingerprint density at radius 1 is 1.23 bits per heavy atom. The summed E-state index contributed by atoms with van der Waals surface area (Å²) in [5, 5.41) is 7.98. The average molecular weight is 369 g/mol. The van der Waals surface area contributed by atoms with Crippen molar-refractivity contribution in [2.45, 2.75) is 26.9 Å². The van der Waals surface area contributed by atoms with E-state index in [-0.39, 0.29) is 0 Å². The number of nitrogens with zero attached hydrogens (tertiary/aromatic N) is 5. The third-order valence-electron chi connectivity index (χ3n) is 3.99. The smallest absolute Gasteiger partial charge is 0.154 e. The fraction of sp³-hybridized carbons (Fsp3) is 0.222. The van der Waals surface area contributed by atoms with Gasteiger partial charge in [-0.3, -0.25) is 4.98 Å². The van der Waals surface area contributed by atoms with Crippen molar-refractivity contribution in [2.24, 2.45) is 0 Å². The van der Waals surface area contributed by atoms with Gasteiger partial charge in [-0.25, -0.2) is 9.97 Å². The molecule has 0 fully saturated rings.